The van der Waals surface area contributed by atoms with E-state index in [1.165, 1.54) is 17.4 Å². The molecule has 0 atom stereocenters. The number of hydrogen-bond acceptors (Lipinski definition) is 2. The molecule has 1 aromatic rings. The molecule has 0 aromatic carbocycles. The minimum Gasteiger partial charge on any atom is -0.366 e. The Labute approximate surface area is 73.3 Å². The first kappa shape index (κ1) is 8.30. The molecule has 0 bridgehead atoms. The van der Waals surface area contributed by atoms with Crippen molar-refractivity contribution in [1.29, 1.82) is 0 Å². The molecule has 1 aromatic heterocycles. The number of thiophene rings is 1. The summed E-state index contributed by atoms with van der Waals surface area (Å²) in [4.78, 5) is 11.2. The van der Waals surface area contributed by atoms with Gasteiger partial charge in [-0.05, 0) is 18.2 Å². The molecular weight excluding hydrogens is 182 g/mol. The van der Waals surface area contributed by atoms with E-state index in [2.05, 4.69) is 0 Å². The van der Waals surface area contributed by atoms with Gasteiger partial charge in [-0.15, -0.1) is 11.3 Å². The Hall–Kier alpha value is -0.800. The van der Waals surface area contributed by atoms with Gasteiger partial charge in [-0.3, -0.25) is 4.79 Å². The Morgan fingerprint density at radius 1 is 1.64 bits per heavy atom. The second-order valence-electron chi connectivity index (χ2n) is 1.88. The molecule has 2 N–H and O–H groups in total. The summed E-state index contributed by atoms with van der Waals surface area (Å²) < 4.78 is 0.703. The van der Waals surface area contributed by atoms with Crippen LogP contribution in [0.3, 0.4) is 0 Å². The van der Waals surface area contributed by atoms with E-state index in [1.807, 2.05) is 6.07 Å². The summed E-state index contributed by atoms with van der Waals surface area (Å²) in [5, 5.41) is 0. The van der Waals surface area contributed by atoms with Gasteiger partial charge in [0.2, 0.25) is 5.91 Å². The minimum absolute atomic E-state index is 0.450. The average Bonchev–Trinajstić information content (AvgIpc) is 2.31. The Balaban J connectivity index is 2.71. The topological polar surface area (TPSA) is 43.1 Å². The summed E-state index contributed by atoms with van der Waals surface area (Å²) >= 11 is 7.04. The van der Waals surface area contributed by atoms with Crippen LogP contribution < -0.4 is 5.73 Å². The molecule has 0 fully saturated rings. The molecule has 0 saturated heterocycles. The highest BCUT2D eigenvalue weighted by atomic mass is 35.5. The second-order valence-corrected chi connectivity index (χ2v) is 3.62. The van der Waals surface area contributed by atoms with Crippen LogP contribution in [-0.2, 0) is 4.79 Å². The van der Waals surface area contributed by atoms with Crippen LogP contribution in [0.2, 0.25) is 4.34 Å². The standard InChI is InChI=1S/C7H6ClNOS/c8-6-3-1-5(11-6)2-4-7(9)10/h1-4H,(H2,9,10). The van der Waals surface area contributed by atoms with E-state index in [0.29, 0.717) is 4.34 Å². The number of nitrogens with two attached hydrogens (primary N) is 1. The van der Waals surface area contributed by atoms with E-state index in [9.17, 15) is 4.79 Å². The Kier molecular flexibility index (Phi) is 2.68. The Morgan fingerprint density at radius 3 is 2.82 bits per heavy atom. The third kappa shape index (κ3) is 2.74. The Bertz CT molecular complexity index is 292. The van der Waals surface area contributed by atoms with Crippen LogP contribution in [0.4, 0.5) is 0 Å². The first-order chi connectivity index (χ1) is 5.18. The quantitative estimate of drug-likeness (QED) is 0.707. The lowest BCUT2D eigenvalue weighted by molar-refractivity contribution is -0.113. The zero-order chi connectivity index (χ0) is 8.27. The minimum atomic E-state index is -0.450. The molecule has 58 valence electrons. The van der Waals surface area contributed by atoms with E-state index in [4.69, 9.17) is 17.3 Å². The summed E-state index contributed by atoms with van der Waals surface area (Å²) in [6, 6.07) is 3.60. The maximum Gasteiger partial charge on any atom is 0.241 e. The molecule has 1 heterocycles. The first-order valence-corrected chi connectivity index (χ1v) is 4.11. The largest absolute Gasteiger partial charge is 0.366 e. The fourth-order valence-corrected chi connectivity index (χ4v) is 1.55. The lowest BCUT2D eigenvalue weighted by Gasteiger charge is -1.80. The number of primary amides is 1. The van der Waals surface area contributed by atoms with E-state index in [-0.39, 0.29) is 0 Å². The summed E-state index contributed by atoms with van der Waals surface area (Å²) in [6.45, 7) is 0. The van der Waals surface area contributed by atoms with Crippen molar-refractivity contribution in [2.45, 2.75) is 0 Å². The molecule has 0 unspecified atom stereocenters. The van der Waals surface area contributed by atoms with Crippen LogP contribution >= 0.6 is 22.9 Å². The van der Waals surface area contributed by atoms with Crippen LogP contribution in [0.15, 0.2) is 18.2 Å². The number of amides is 1. The molecule has 11 heavy (non-hydrogen) atoms. The number of carbonyl (C=O) groups is 1. The molecule has 0 aliphatic heterocycles. The van der Waals surface area contributed by atoms with E-state index in [1.54, 1.807) is 12.1 Å². The van der Waals surface area contributed by atoms with E-state index >= 15 is 0 Å². The van der Waals surface area contributed by atoms with Crippen molar-refractivity contribution < 1.29 is 4.79 Å². The summed E-state index contributed by atoms with van der Waals surface area (Å²) in [6.07, 6.45) is 2.95. The average molecular weight is 188 g/mol. The Morgan fingerprint density at radius 2 is 2.36 bits per heavy atom. The van der Waals surface area contributed by atoms with Crippen molar-refractivity contribution >= 4 is 34.9 Å². The smallest absolute Gasteiger partial charge is 0.241 e. The van der Waals surface area contributed by atoms with Crippen LogP contribution in [0.5, 0.6) is 0 Å². The van der Waals surface area contributed by atoms with Gasteiger partial charge >= 0.3 is 0 Å². The summed E-state index contributed by atoms with van der Waals surface area (Å²) in [5.41, 5.74) is 4.89. The number of halogens is 1. The molecule has 1 rings (SSSR count). The molecule has 0 spiro atoms. The fourth-order valence-electron chi connectivity index (χ4n) is 0.582. The molecule has 0 saturated carbocycles. The molecule has 0 radical (unpaired) electrons. The van der Waals surface area contributed by atoms with Crippen LogP contribution in [0.25, 0.3) is 6.08 Å². The SMILES string of the molecule is NC(=O)C=Cc1ccc(Cl)s1. The highest BCUT2D eigenvalue weighted by Gasteiger charge is 1.92. The molecule has 4 heteroatoms. The highest BCUT2D eigenvalue weighted by Crippen LogP contribution is 2.22. The monoisotopic (exact) mass is 187 g/mol. The van der Waals surface area contributed by atoms with Gasteiger partial charge in [0.25, 0.3) is 0 Å². The third-order valence-corrected chi connectivity index (χ3v) is 2.20. The van der Waals surface area contributed by atoms with Gasteiger partial charge in [0.1, 0.15) is 0 Å². The number of carbonyl (C=O) groups excluding carboxylic acids is 1. The zero-order valence-electron chi connectivity index (χ0n) is 5.58. The molecule has 0 aliphatic rings. The van der Waals surface area contributed by atoms with Gasteiger partial charge in [-0.1, -0.05) is 11.6 Å². The normalized spacial score (nSPS) is 10.6. The van der Waals surface area contributed by atoms with Gasteiger partial charge in [-0.2, -0.15) is 0 Å². The zero-order valence-corrected chi connectivity index (χ0v) is 7.15. The van der Waals surface area contributed by atoms with Crippen molar-refractivity contribution in [2.75, 3.05) is 0 Å². The predicted molar refractivity (Wildman–Crippen MR) is 47.6 cm³/mol. The van der Waals surface area contributed by atoms with Gasteiger partial charge in [-0.25, -0.2) is 0 Å². The second kappa shape index (κ2) is 3.55. The molecule has 2 nitrogen and oxygen atoms in total. The van der Waals surface area contributed by atoms with Gasteiger partial charge in [0, 0.05) is 11.0 Å². The van der Waals surface area contributed by atoms with Crippen molar-refractivity contribution in [1.82, 2.24) is 0 Å². The van der Waals surface area contributed by atoms with Crippen molar-refractivity contribution in [3.8, 4) is 0 Å². The maximum atomic E-state index is 10.3. The van der Waals surface area contributed by atoms with Gasteiger partial charge in [0.05, 0.1) is 4.34 Å². The molecular formula is C7H6ClNOS. The summed E-state index contributed by atoms with van der Waals surface area (Å²) in [5.74, 6) is -0.450. The van der Waals surface area contributed by atoms with Gasteiger partial charge in [0.15, 0.2) is 0 Å². The highest BCUT2D eigenvalue weighted by molar-refractivity contribution is 7.17. The lowest BCUT2D eigenvalue weighted by atomic mass is 10.4. The van der Waals surface area contributed by atoms with E-state index < -0.39 is 5.91 Å². The van der Waals surface area contributed by atoms with Crippen molar-refractivity contribution in [3.05, 3.63) is 27.4 Å². The predicted octanol–water partition coefficient (Wildman–Crippen LogP) is 1.90. The fraction of sp³-hybridized carbons (Fsp3) is 0. The molecule has 0 aliphatic carbocycles. The van der Waals surface area contributed by atoms with E-state index in [0.717, 1.165) is 4.88 Å². The maximum absolute atomic E-state index is 10.3. The lowest BCUT2D eigenvalue weighted by Crippen LogP contribution is -2.04. The number of rotatable bonds is 2. The molecule has 1 amide bonds. The van der Waals surface area contributed by atoms with Crippen LogP contribution in [0, 0.1) is 0 Å². The number of hydrogen-bond donors (Lipinski definition) is 1. The van der Waals surface area contributed by atoms with Crippen LogP contribution in [0.1, 0.15) is 4.88 Å². The van der Waals surface area contributed by atoms with Crippen molar-refractivity contribution in [3.63, 3.8) is 0 Å². The third-order valence-electron chi connectivity index (χ3n) is 1.01. The van der Waals surface area contributed by atoms with Gasteiger partial charge < -0.3 is 5.73 Å². The van der Waals surface area contributed by atoms with Crippen LogP contribution in [-0.4, -0.2) is 5.91 Å². The first-order valence-electron chi connectivity index (χ1n) is 2.91. The summed E-state index contributed by atoms with van der Waals surface area (Å²) in [7, 11) is 0. The van der Waals surface area contributed by atoms with Crippen molar-refractivity contribution in [2.24, 2.45) is 5.73 Å².